The number of carbonyl (C=O) groups is 2. The molecule has 0 radical (unpaired) electrons. The summed E-state index contributed by atoms with van der Waals surface area (Å²) >= 11 is 6.00. The molecule has 4 rings (SSSR count). The molecule has 0 saturated heterocycles. The van der Waals surface area contributed by atoms with E-state index in [0.717, 1.165) is 16.8 Å². The van der Waals surface area contributed by atoms with Crippen molar-refractivity contribution in [1.29, 1.82) is 0 Å². The fourth-order valence-corrected chi connectivity index (χ4v) is 4.78. The maximum Gasteiger partial charge on any atom is 0.417 e. The van der Waals surface area contributed by atoms with E-state index in [2.05, 4.69) is 5.10 Å². The molecule has 0 amide bonds. The number of rotatable bonds is 3. The van der Waals surface area contributed by atoms with Crippen molar-refractivity contribution in [2.75, 3.05) is 0 Å². The molecule has 1 N–H and O–H groups in total. The van der Waals surface area contributed by atoms with Crippen molar-refractivity contribution in [2.24, 2.45) is 5.92 Å². The van der Waals surface area contributed by atoms with E-state index in [9.17, 15) is 32.3 Å². The fraction of sp³-hybridized carbons (Fsp3) is 0.348. The first-order valence-electron chi connectivity index (χ1n) is 10.2. The van der Waals surface area contributed by atoms with Crippen LogP contribution in [0.1, 0.15) is 54.2 Å². The van der Waals surface area contributed by atoms with Gasteiger partial charge in [0.15, 0.2) is 0 Å². The smallest absolute Gasteiger partial charge is 0.417 e. The first kappa shape index (κ1) is 23.2. The van der Waals surface area contributed by atoms with Crippen LogP contribution in [0.15, 0.2) is 36.4 Å². The van der Waals surface area contributed by atoms with E-state index in [1.54, 1.807) is 6.92 Å². The molecule has 0 bridgehead atoms. The van der Waals surface area contributed by atoms with Gasteiger partial charge in [0.25, 0.3) is 5.91 Å². The van der Waals surface area contributed by atoms with Crippen molar-refractivity contribution >= 4 is 34.4 Å². The van der Waals surface area contributed by atoms with Crippen molar-refractivity contribution < 1.29 is 32.3 Å². The highest BCUT2D eigenvalue weighted by atomic mass is 35.5. The molecule has 1 aromatic heterocycles. The Kier molecular flexibility index (Phi) is 5.72. The van der Waals surface area contributed by atoms with Crippen LogP contribution in [0.5, 0.6) is 0 Å². The lowest BCUT2D eigenvalue weighted by Gasteiger charge is -2.35. The van der Waals surface area contributed by atoms with Gasteiger partial charge in [-0.25, -0.2) is 4.39 Å². The van der Waals surface area contributed by atoms with Crippen LogP contribution in [0, 0.1) is 11.7 Å². The highest BCUT2D eigenvalue weighted by molar-refractivity contribution is 6.34. The van der Waals surface area contributed by atoms with Gasteiger partial charge in [0.05, 0.1) is 38.7 Å². The fourth-order valence-electron chi connectivity index (χ4n) is 4.53. The summed E-state index contributed by atoms with van der Waals surface area (Å²) in [7, 11) is 0. The second kappa shape index (κ2) is 8.13. The molecule has 0 spiro atoms. The molecule has 1 saturated carbocycles. The molecule has 0 atom stereocenters. The zero-order valence-corrected chi connectivity index (χ0v) is 18.2. The molecular weight excluding hydrogens is 464 g/mol. The van der Waals surface area contributed by atoms with Gasteiger partial charge in [-0.2, -0.15) is 23.0 Å². The van der Waals surface area contributed by atoms with Crippen LogP contribution in [0.4, 0.5) is 17.6 Å². The summed E-state index contributed by atoms with van der Waals surface area (Å²) in [5.74, 6) is -3.24. The summed E-state index contributed by atoms with van der Waals surface area (Å²) in [5.41, 5.74) is -2.51. The van der Waals surface area contributed by atoms with Crippen LogP contribution in [0.25, 0.3) is 10.9 Å². The zero-order valence-electron chi connectivity index (χ0n) is 17.4. The number of carboxylic acids is 1. The summed E-state index contributed by atoms with van der Waals surface area (Å²) in [5, 5.41) is 13.2. The average molecular weight is 483 g/mol. The van der Waals surface area contributed by atoms with Crippen LogP contribution in [0.3, 0.4) is 0 Å². The first-order valence-corrected chi connectivity index (χ1v) is 10.6. The largest absolute Gasteiger partial charge is 0.481 e. The summed E-state index contributed by atoms with van der Waals surface area (Å²) in [6, 6.07) is 6.95. The van der Waals surface area contributed by atoms with Gasteiger partial charge in [-0.3, -0.25) is 9.59 Å². The molecule has 1 fully saturated rings. The van der Waals surface area contributed by atoms with Gasteiger partial charge in [0.2, 0.25) is 0 Å². The molecule has 33 heavy (non-hydrogen) atoms. The number of hydrogen-bond acceptors (Lipinski definition) is 3. The first-order chi connectivity index (χ1) is 15.4. The van der Waals surface area contributed by atoms with Crippen molar-refractivity contribution in [3.05, 3.63) is 64.1 Å². The predicted octanol–water partition coefficient (Wildman–Crippen LogP) is 6.07. The van der Waals surface area contributed by atoms with Gasteiger partial charge in [0.1, 0.15) is 5.82 Å². The number of fused-ring (bicyclic) bond motifs is 1. The number of carboxylic acid groups (broad SMARTS) is 1. The normalized spacial score (nSPS) is 21.3. The topological polar surface area (TPSA) is 72.2 Å². The van der Waals surface area contributed by atoms with Gasteiger partial charge in [-0.15, -0.1) is 0 Å². The Morgan fingerprint density at radius 1 is 1.15 bits per heavy atom. The third kappa shape index (κ3) is 3.99. The van der Waals surface area contributed by atoms with E-state index in [0.29, 0.717) is 25.7 Å². The number of benzene rings is 2. The standard InChI is InChI=1S/C23H19ClF4N2O3/c1-22(10-8-12(9-11-22)21(32)33)19-18-15(25)6-3-7-16(18)30(29-19)20(31)17-13(23(26,27)28)4-2-5-14(17)24/h2-7,12H,8-11H2,1H3,(H,32,33)/t12-,22+. The van der Waals surface area contributed by atoms with Gasteiger partial charge < -0.3 is 5.11 Å². The van der Waals surface area contributed by atoms with Gasteiger partial charge >= 0.3 is 12.1 Å². The Morgan fingerprint density at radius 2 is 1.79 bits per heavy atom. The molecule has 5 nitrogen and oxygen atoms in total. The Morgan fingerprint density at radius 3 is 2.39 bits per heavy atom. The third-order valence-electron chi connectivity index (χ3n) is 6.39. The van der Waals surface area contributed by atoms with Crippen LogP contribution >= 0.6 is 11.6 Å². The number of carbonyl (C=O) groups excluding carboxylic acids is 1. The van der Waals surface area contributed by atoms with E-state index in [4.69, 9.17) is 11.6 Å². The van der Waals surface area contributed by atoms with E-state index in [1.165, 1.54) is 24.3 Å². The molecule has 174 valence electrons. The van der Waals surface area contributed by atoms with Gasteiger partial charge in [0, 0.05) is 5.41 Å². The van der Waals surface area contributed by atoms with Crippen molar-refractivity contribution in [3.63, 3.8) is 0 Å². The van der Waals surface area contributed by atoms with Crippen molar-refractivity contribution in [2.45, 2.75) is 44.2 Å². The molecule has 0 aliphatic heterocycles. The van der Waals surface area contributed by atoms with Crippen LogP contribution < -0.4 is 0 Å². The van der Waals surface area contributed by atoms with Crippen LogP contribution in [-0.4, -0.2) is 26.8 Å². The summed E-state index contributed by atoms with van der Waals surface area (Å²) < 4.78 is 56.5. The van der Waals surface area contributed by atoms with Gasteiger partial charge in [-0.1, -0.05) is 30.7 Å². The molecule has 1 aliphatic rings. The summed E-state index contributed by atoms with van der Waals surface area (Å²) in [4.78, 5) is 24.7. The number of aliphatic carboxylic acids is 1. The van der Waals surface area contributed by atoms with E-state index >= 15 is 0 Å². The lowest BCUT2D eigenvalue weighted by atomic mass is 9.69. The molecular formula is C23H19ClF4N2O3. The molecule has 1 aliphatic carbocycles. The van der Waals surface area contributed by atoms with E-state index < -0.39 is 51.4 Å². The Hall–Kier alpha value is -2.94. The second-order valence-corrected chi connectivity index (χ2v) is 8.94. The minimum Gasteiger partial charge on any atom is -0.481 e. The zero-order chi connectivity index (χ0) is 24.1. The van der Waals surface area contributed by atoms with E-state index in [-0.39, 0.29) is 16.6 Å². The maximum absolute atomic E-state index is 14.9. The van der Waals surface area contributed by atoms with Crippen molar-refractivity contribution in [1.82, 2.24) is 9.78 Å². The van der Waals surface area contributed by atoms with Crippen LogP contribution in [0.2, 0.25) is 5.02 Å². The molecule has 2 aromatic carbocycles. The Bertz CT molecular complexity index is 1260. The van der Waals surface area contributed by atoms with Crippen LogP contribution in [-0.2, 0) is 16.4 Å². The third-order valence-corrected chi connectivity index (χ3v) is 6.71. The van der Waals surface area contributed by atoms with Gasteiger partial charge in [-0.05, 0) is 49.9 Å². The molecule has 1 heterocycles. The number of hydrogen-bond donors (Lipinski definition) is 1. The maximum atomic E-state index is 14.9. The number of nitrogens with zero attached hydrogens (tertiary/aromatic N) is 2. The minimum atomic E-state index is -4.84. The lowest BCUT2D eigenvalue weighted by molar-refractivity contribution is -0.143. The number of aromatic nitrogens is 2. The number of alkyl halides is 3. The summed E-state index contributed by atoms with van der Waals surface area (Å²) in [6.07, 6.45) is -3.41. The average Bonchev–Trinajstić information content (AvgIpc) is 3.15. The quantitative estimate of drug-likeness (QED) is 0.460. The Labute approximate surface area is 191 Å². The predicted molar refractivity (Wildman–Crippen MR) is 113 cm³/mol. The molecule has 10 heteroatoms. The van der Waals surface area contributed by atoms with E-state index in [1.807, 2.05) is 0 Å². The SMILES string of the molecule is C[C@]1(c2nn(C(=O)c3c(Cl)cccc3C(F)(F)F)c3cccc(F)c32)CC[C@@H](C(=O)O)CC1. The molecule has 3 aromatic rings. The van der Waals surface area contributed by atoms with Crippen molar-refractivity contribution in [3.8, 4) is 0 Å². The highest BCUT2D eigenvalue weighted by Gasteiger charge is 2.41. The summed E-state index contributed by atoms with van der Waals surface area (Å²) in [6.45, 7) is 1.80. The lowest BCUT2D eigenvalue weighted by Crippen LogP contribution is -2.32. The Balaban J connectivity index is 1.88. The molecule has 0 unspecified atom stereocenters. The number of halogens is 5. The highest BCUT2D eigenvalue weighted by Crippen LogP contribution is 2.44. The minimum absolute atomic E-state index is 0.0182. The second-order valence-electron chi connectivity index (χ2n) is 8.53. The monoisotopic (exact) mass is 482 g/mol.